The molecule has 0 radical (unpaired) electrons. The Balaban J connectivity index is 1.74. The molecule has 9 heteroatoms. The molecule has 1 atom stereocenters. The fourth-order valence-electron chi connectivity index (χ4n) is 3.37. The molecule has 0 spiro atoms. The molecule has 0 fully saturated rings. The number of thioether (sulfide) groups is 1. The van der Waals surface area contributed by atoms with E-state index in [1.807, 2.05) is 44.2 Å². The predicted molar refractivity (Wildman–Crippen MR) is 128 cm³/mol. The third-order valence-electron chi connectivity index (χ3n) is 5.39. The Morgan fingerprint density at radius 3 is 2.56 bits per heavy atom. The summed E-state index contributed by atoms with van der Waals surface area (Å²) in [5, 5.41) is 12.1. The fraction of sp³-hybridized carbons (Fsp3) is 0.400. The molecule has 34 heavy (non-hydrogen) atoms. The molecule has 0 saturated heterocycles. The number of hydrogen-bond acceptors (Lipinski definition) is 4. The first kappa shape index (κ1) is 25.8. The molecule has 0 aliphatic heterocycles. The number of benzene rings is 2. The topological polar surface area (TPSA) is 59.8 Å². The van der Waals surface area contributed by atoms with Crippen LogP contribution in [0.4, 0.5) is 13.2 Å². The Kier molecular flexibility index (Phi) is 9.15. The van der Waals surface area contributed by atoms with Crippen LogP contribution < -0.4 is 5.32 Å². The van der Waals surface area contributed by atoms with Crippen molar-refractivity contribution in [3.05, 3.63) is 71.5 Å². The summed E-state index contributed by atoms with van der Waals surface area (Å²) in [5.74, 6) is 1.29. The molecule has 0 bridgehead atoms. The van der Waals surface area contributed by atoms with Crippen LogP contribution in [0, 0.1) is 0 Å². The van der Waals surface area contributed by atoms with Crippen molar-refractivity contribution < 1.29 is 18.0 Å². The standard InChI is InChI=1S/C25H29F3N4OS/c1-3-18(2)29-23(33)14-7-8-15-34-24-31-30-22(16-19-10-5-4-6-11-19)32(24)21-13-9-12-20(17-21)25(26,27)28/h4-6,9-13,17-18H,3,7-8,14-16H2,1-2H3,(H,29,33). The molecule has 1 heterocycles. The lowest BCUT2D eigenvalue weighted by Gasteiger charge is -2.13. The van der Waals surface area contributed by atoms with Gasteiger partial charge in [0.05, 0.1) is 11.3 Å². The van der Waals surface area contributed by atoms with E-state index in [0.717, 1.165) is 37.0 Å². The van der Waals surface area contributed by atoms with E-state index in [9.17, 15) is 18.0 Å². The summed E-state index contributed by atoms with van der Waals surface area (Å²) < 4.78 is 41.7. The van der Waals surface area contributed by atoms with Gasteiger partial charge in [0.2, 0.25) is 5.91 Å². The van der Waals surface area contributed by atoms with E-state index in [-0.39, 0.29) is 11.9 Å². The summed E-state index contributed by atoms with van der Waals surface area (Å²) in [6.45, 7) is 4.00. The molecule has 0 saturated carbocycles. The van der Waals surface area contributed by atoms with E-state index in [2.05, 4.69) is 15.5 Å². The second-order valence-corrected chi connectivity index (χ2v) is 9.19. The second-order valence-electron chi connectivity index (χ2n) is 8.13. The molecule has 0 aliphatic carbocycles. The van der Waals surface area contributed by atoms with Crippen molar-refractivity contribution >= 4 is 17.7 Å². The highest BCUT2D eigenvalue weighted by Gasteiger charge is 2.31. The molecular formula is C25H29F3N4OS. The van der Waals surface area contributed by atoms with Crippen LogP contribution in [-0.2, 0) is 17.4 Å². The molecule has 2 aromatic carbocycles. The Hall–Kier alpha value is -2.81. The van der Waals surface area contributed by atoms with Gasteiger partial charge in [0.15, 0.2) is 5.16 Å². The number of unbranched alkanes of at least 4 members (excludes halogenated alkanes) is 1. The summed E-state index contributed by atoms with van der Waals surface area (Å²) in [6, 6.07) is 15.0. The van der Waals surface area contributed by atoms with E-state index < -0.39 is 11.7 Å². The predicted octanol–water partition coefficient (Wildman–Crippen LogP) is 6.05. The van der Waals surface area contributed by atoms with Gasteiger partial charge < -0.3 is 5.32 Å². The highest BCUT2D eigenvalue weighted by molar-refractivity contribution is 7.99. The summed E-state index contributed by atoms with van der Waals surface area (Å²) >= 11 is 1.43. The van der Waals surface area contributed by atoms with Gasteiger partial charge in [0, 0.05) is 24.6 Å². The molecule has 5 nitrogen and oxygen atoms in total. The van der Waals surface area contributed by atoms with Crippen LogP contribution in [0.5, 0.6) is 0 Å². The van der Waals surface area contributed by atoms with Crippen LogP contribution in [0.1, 0.15) is 56.5 Å². The number of rotatable bonds is 11. The van der Waals surface area contributed by atoms with E-state index in [1.165, 1.54) is 17.8 Å². The number of alkyl halides is 3. The minimum absolute atomic E-state index is 0.0385. The van der Waals surface area contributed by atoms with Crippen LogP contribution in [0.25, 0.3) is 5.69 Å². The van der Waals surface area contributed by atoms with Crippen molar-refractivity contribution in [3.63, 3.8) is 0 Å². The Morgan fingerprint density at radius 2 is 1.85 bits per heavy atom. The maximum absolute atomic E-state index is 13.3. The third kappa shape index (κ3) is 7.35. The second kappa shape index (κ2) is 12.1. The van der Waals surface area contributed by atoms with Gasteiger partial charge in [-0.15, -0.1) is 10.2 Å². The quantitative estimate of drug-likeness (QED) is 0.262. The highest BCUT2D eigenvalue weighted by Crippen LogP contribution is 2.32. The van der Waals surface area contributed by atoms with Gasteiger partial charge in [-0.2, -0.15) is 13.2 Å². The summed E-state index contributed by atoms with van der Waals surface area (Å²) in [6.07, 6.45) is -1.15. The van der Waals surface area contributed by atoms with Crippen molar-refractivity contribution in [2.75, 3.05) is 5.75 Å². The Labute approximate surface area is 202 Å². The zero-order valence-corrected chi connectivity index (χ0v) is 20.1. The van der Waals surface area contributed by atoms with Crippen molar-refractivity contribution in [2.24, 2.45) is 0 Å². The summed E-state index contributed by atoms with van der Waals surface area (Å²) in [7, 11) is 0. The molecule has 3 aromatic rings. The lowest BCUT2D eigenvalue weighted by Crippen LogP contribution is -2.31. The zero-order chi connectivity index (χ0) is 24.6. The average molecular weight is 491 g/mol. The lowest BCUT2D eigenvalue weighted by atomic mass is 10.1. The van der Waals surface area contributed by atoms with Crippen LogP contribution in [0.15, 0.2) is 59.8 Å². The number of aromatic nitrogens is 3. The van der Waals surface area contributed by atoms with Crippen LogP contribution in [-0.4, -0.2) is 32.5 Å². The lowest BCUT2D eigenvalue weighted by molar-refractivity contribution is -0.137. The summed E-state index contributed by atoms with van der Waals surface area (Å²) in [4.78, 5) is 11.9. The molecular weight excluding hydrogens is 461 g/mol. The Morgan fingerprint density at radius 1 is 1.09 bits per heavy atom. The van der Waals surface area contributed by atoms with Crippen LogP contribution in [0.2, 0.25) is 0 Å². The SMILES string of the molecule is CCC(C)NC(=O)CCCCSc1nnc(Cc2ccccc2)n1-c1cccc(C(F)(F)F)c1. The number of halogens is 3. The van der Waals surface area contributed by atoms with Gasteiger partial charge in [-0.3, -0.25) is 9.36 Å². The highest BCUT2D eigenvalue weighted by atomic mass is 32.2. The van der Waals surface area contributed by atoms with Gasteiger partial charge in [0.1, 0.15) is 5.82 Å². The molecule has 1 aromatic heterocycles. The number of amides is 1. The maximum atomic E-state index is 13.3. The van der Waals surface area contributed by atoms with Gasteiger partial charge >= 0.3 is 6.18 Å². The third-order valence-corrected chi connectivity index (χ3v) is 6.40. The average Bonchev–Trinajstić information content (AvgIpc) is 3.21. The van der Waals surface area contributed by atoms with E-state index >= 15 is 0 Å². The first-order valence-electron chi connectivity index (χ1n) is 11.4. The van der Waals surface area contributed by atoms with Crippen LogP contribution >= 0.6 is 11.8 Å². The number of carbonyl (C=O) groups is 1. The van der Waals surface area contributed by atoms with Gasteiger partial charge in [-0.25, -0.2) is 0 Å². The van der Waals surface area contributed by atoms with Gasteiger partial charge in [0.25, 0.3) is 0 Å². The molecule has 1 amide bonds. The molecule has 0 aliphatic rings. The smallest absolute Gasteiger partial charge is 0.354 e. The number of nitrogens with one attached hydrogen (secondary N) is 1. The summed E-state index contributed by atoms with van der Waals surface area (Å²) in [5.41, 5.74) is 0.654. The van der Waals surface area contributed by atoms with Crippen molar-refractivity contribution in [1.82, 2.24) is 20.1 Å². The largest absolute Gasteiger partial charge is 0.416 e. The number of nitrogens with zero attached hydrogens (tertiary/aromatic N) is 3. The van der Waals surface area contributed by atoms with E-state index in [4.69, 9.17) is 0 Å². The molecule has 1 unspecified atom stereocenters. The minimum atomic E-state index is -4.44. The first-order chi connectivity index (χ1) is 16.3. The first-order valence-corrected chi connectivity index (χ1v) is 12.3. The van der Waals surface area contributed by atoms with Crippen LogP contribution in [0.3, 0.4) is 0 Å². The van der Waals surface area contributed by atoms with Crippen molar-refractivity contribution in [1.29, 1.82) is 0 Å². The molecule has 1 N–H and O–H groups in total. The van der Waals surface area contributed by atoms with Crippen molar-refractivity contribution in [3.8, 4) is 5.69 Å². The zero-order valence-electron chi connectivity index (χ0n) is 19.3. The van der Waals surface area contributed by atoms with Gasteiger partial charge in [-0.05, 0) is 49.9 Å². The fourth-order valence-corrected chi connectivity index (χ4v) is 4.34. The maximum Gasteiger partial charge on any atom is 0.416 e. The van der Waals surface area contributed by atoms with Gasteiger partial charge in [-0.1, -0.05) is 55.1 Å². The van der Waals surface area contributed by atoms with Crippen molar-refractivity contribution in [2.45, 2.75) is 63.3 Å². The van der Waals surface area contributed by atoms with E-state index in [0.29, 0.717) is 35.3 Å². The Bertz CT molecular complexity index is 1070. The number of carbonyl (C=O) groups excluding carboxylic acids is 1. The number of hydrogen-bond donors (Lipinski definition) is 1. The molecule has 182 valence electrons. The van der Waals surface area contributed by atoms with E-state index in [1.54, 1.807) is 10.6 Å². The monoisotopic (exact) mass is 490 g/mol. The minimum Gasteiger partial charge on any atom is -0.354 e. The normalized spacial score (nSPS) is 12.5. The molecule has 3 rings (SSSR count).